The molecule has 2 aromatic rings. The van der Waals surface area contributed by atoms with Crippen LogP contribution in [0.2, 0.25) is 0 Å². The molecule has 124 valence electrons. The van der Waals surface area contributed by atoms with Crippen LogP contribution in [0.3, 0.4) is 0 Å². The minimum absolute atomic E-state index is 0.209. The van der Waals surface area contributed by atoms with Crippen LogP contribution < -0.4 is 4.74 Å². The fraction of sp³-hybridized carbons (Fsp3) is 0.200. The highest BCUT2D eigenvalue weighted by Gasteiger charge is 2.06. The van der Waals surface area contributed by atoms with Gasteiger partial charge < -0.3 is 9.47 Å². The summed E-state index contributed by atoms with van der Waals surface area (Å²) in [6.45, 7) is 7.20. The molecule has 0 bridgehead atoms. The Morgan fingerprint density at radius 3 is 2.00 bits per heavy atom. The summed E-state index contributed by atoms with van der Waals surface area (Å²) in [7, 11) is 0. The van der Waals surface area contributed by atoms with E-state index in [1.165, 1.54) is 0 Å². The molecule has 0 aliphatic heterocycles. The molecule has 4 heteroatoms. The van der Waals surface area contributed by atoms with E-state index < -0.39 is 5.97 Å². The molecule has 0 saturated carbocycles. The highest BCUT2D eigenvalue weighted by atomic mass is 16.5. The molecule has 0 atom stereocenters. The molecule has 0 aliphatic rings. The summed E-state index contributed by atoms with van der Waals surface area (Å²) in [5, 5.41) is 0. The quantitative estimate of drug-likeness (QED) is 0.452. The third-order valence-corrected chi connectivity index (χ3v) is 3.39. The van der Waals surface area contributed by atoms with Crippen molar-refractivity contribution in [2.45, 2.75) is 26.9 Å². The van der Waals surface area contributed by atoms with E-state index in [0.717, 1.165) is 16.7 Å². The molecule has 0 heterocycles. The number of carbonyl (C=O) groups is 2. The van der Waals surface area contributed by atoms with Crippen molar-refractivity contribution in [2.75, 3.05) is 0 Å². The van der Waals surface area contributed by atoms with Crippen molar-refractivity contribution in [2.24, 2.45) is 0 Å². The molecule has 2 rings (SSSR count). The minimum Gasteiger partial charge on any atom is -0.461 e. The van der Waals surface area contributed by atoms with E-state index in [1.807, 2.05) is 36.4 Å². The highest BCUT2D eigenvalue weighted by Crippen LogP contribution is 2.23. The van der Waals surface area contributed by atoms with Crippen molar-refractivity contribution < 1.29 is 19.1 Å². The molecule has 0 aromatic heterocycles. The van der Waals surface area contributed by atoms with Crippen LogP contribution in [-0.4, -0.2) is 11.9 Å². The number of ether oxygens (including phenoxy) is 2. The normalized spacial score (nSPS) is 10.1. The largest absolute Gasteiger partial charge is 0.461 e. The van der Waals surface area contributed by atoms with Gasteiger partial charge in [-0.1, -0.05) is 49.9 Å². The van der Waals surface area contributed by atoms with Gasteiger partial charge in [-0.15, -0.1) is 0 Å². The maximum Gasteiger partial charge on any atom is 0.338 e. The van der Waals surface area contributed by atoms with Gasteiger partial charge >= 0.3 is 11.9 Å². The first kappa shape index (κ1) is 17.5. The van der Waals surface area contributed by atoms with Gasteiger partial charge in [-0.2, -0.15) is 0 Å². The van der Waals surface area contributed by atoms with Crippen molar-refractivity contribution in [3.63, 3.8) is 0 Å². The zero-order valence-electron chi connectivity index (χ0n) is 13.9. The summed E-state index contributed by atoms with van der Waals surface area (Å²) in [4.78, 5) is 22.6. The Labute approximate surface area is 141 Å². The lowest BCUT2D eigenvalue weighted by atomic mass is 10.0. The Balaban J connectivity index is 2.02. The summed E-state index contributed by atoms with van der Waals surface area (Å²) in [6, 6.07) is 15.0. The predicted octanol–water partition coefficient (Wildman–Crippen LogP) is 4.29. The van der Waals surface area contributed by atoms with Gasteiger partial charge in [0.1, 0.15) is 12.4 Å². The van der Waals surface area contributed by atoms with Crippen LogP contribution in [0.1, 0.15) is 25.8 Å². The standard InChI is InChI=1S/C20H20O4/c1-4-19(21)23-13-15-5-7-16(8-6-15)17-9-11-18(12-10-17)24-20(22)14(2)3/h5-12H,2,4,13H2,1,3H3. The summed E-state index contributed by atoms with van der Waals surface area (Å²) in [5.41, 5.74) is 3.33. The second-order valence-electron chi connectivity index (χ2n) is 5.41. The van der Waals surface area contributed by atoms with Crippen LogP contribution in [0.25, 0.3) is 11.1 Å². The summed E-state index contributed by atoms with van der Waals surface area (Å²) >= 11 is 0. The van der Waals surface area contributed by atoms with Gasteiger partial charge in [0.25, 0.3) is 0 Å². The minimum atomic E-state index is -0.436. The van der Waals surface area contributed by atoms with Crippen LogP contribution in [0.15, 0.2) is 60.7 Å². The van der Waals surface area contributed by atoms with Gasteiger partial charge in [0.2, 0.25) is 0 Å². The smallest absolute Gasteiger partial charge is 0.338 e. The molecular weight excluding hydrogens is 304 g/mol. The summed E-state index contributed by atoms with van der Waals surface area (Å²) < 4.78 is 10.3. The Morgan fingerprint density at radius 1 is 0.958 bits per heavy atom. The van der Waals surface area contributed by atoms with Crippen molar-refractivity contribution in [1.82, 2.24) is 0 Å². The van der Waals surface area contributed by atoms with E-state index in [4.69, 9.17) is 9.47 Å². The lowest BCUT2D eigenvalue weighted by Crippen LogP contribution is -2.07. The van der Waals surface area contributed by atoms with Crippen molar-refractivity contribution >= 4 is 11.9 Å². The Kier molecular flexibility index (Phi) is 5.90. The monoisotopic (exact) mass is 324 g/mol. The van der Waals surface area contributed by atoms with E-state index >= 15 is 0 Å². The summed E-state index contributed by atoms with van der Waals surface area (Å²) in [6.07, 6.45) is 0.375. The Hall–Kier alpha value is -2.88. The number of benzene rings is 2. The van der Waals surface area contributed by atoms with Crippen molar-refractivity contribution in [3.05, 3.63) is 66.2 Å². The van der Waals surface area contributed by atoms with E-state index in [0.29, 0.717) is 17.7 Å². The first-order valence-electron chi connectivity index (χ1n) is 7.72. The van der Waals surface area contributed by atoms with E-state index in [2.05, 4.69) is 6.58 Å². The van der Waals surface area contributed by atoms with Crippen molar-refractivity contribution in [1.29, 1.82) is 0 Å². The molecule has 0 unspecified atom stereocenters. The topological polar surface area (TPSA) is 52.6 Å². The number of esters is 2. The van der Waals surface area contributed by atoms with E-state index in [9.17, 15) is 9.59 Å². The molecule has 0 N–H and O–H groups in total. The van der Waals surface area contributed by atoms with Gasteiger partial charge in [-0.3, -0.25) is 4.79 Å². The average Bonchev–Trinajstić information content (AvgIpc) is 2.60. The van der Waals surface area contributed by atoms with Crippen LogP contribution in [0.4, 0.5) is 0 Å². The van der Waals surface area contributed by atoms with Gasteiger partial charge in [-0.05, 0) is 35.7 Å². The molecule has 0 saturated heterocycles. The molecule has 0 amide bonds. The zero-order chi connectivity index (χ0) is 17.5. The average molecular weight is 324 g/mol. The lowest BCUT2D eigenvalue weighted by Gasteiger charge is -2.07. The molecule has 0 spiro atoms. The van der Waals surface area contributed by atoms with Crippen LogP contribution in [0, 0.1) is 0 Å². The lowest BCUT2D eigenvalue weighted by molar-refractivity contribution is -0.144. The second-order valence-corrected chi connectivity index (χ2v) is 5.41. The third-order valence-electron chi connectivity index (χ3n) is 3.39. The summed E-state index contributed by atoms with van der Waals surface area (Å²) in [5.74, 6) is -0.164. The van der Waals surface area contributed by atoms with Crippen LogP contribution in [-0.2, 0) is 20.9 Å². The number of hydrogen-bond donors (Lipinski definition) is 0. The third kappa shape index (κ3) is 4.81. The molecule has 0 fully saturated rings. The molecule has 0 aliphatic carbocycles. The van der Waals surface area contributed by atoms with Crippen molar-refractivity contribution in [3.8, 4) is 16.9 Å². The van der Waals surface area contributed by atoms with Crippen LogP contribution in [0.5, 0.6) is 5.75 Å². The molecular formula is C20H20O4. The predicted molar refractivity (Wildman–Crippen MR) is 92.4 cm³/mol. The molecule has 4 nitrogen and oxygen atoms in total. The van der Waals surface area contributed by atoms with Crippen LogP contribution >= 0.6 is 0 Å². The Morgan fingerprint density at radius 2 is 1.50 bits per heavy atom. The molecule has 2 aromatic carbocycles. The maximum absolute atomic E-state index is 11.5. The van der Waals surface area contributed by atoms with Gasteiger partial charge in [0.15, 0.2) is 0 Å². The van der Waals surface area contributed by atoms with Gasteiger partial charge in [0, 0.05) is 12.0 Å². The molecule has 0 radical (unpaired) electrons. The zero-order valence-corrected chi connectivity index (χ0v) is 13.9. The number of carbonyl (C=O) groups excluding carboxylic acids is 2. The fourth-order valence-electron chi connectivity index (χ4n) is 1.97. The highest BCUT2D eigenvalue weighted by molar-refractivity contribution is 5.88. The maximum atomic E-state index is 11.5. The van der Waals surface area contributed by atoms with E-state index in [1.54, 1.807) is 26.0 Å². The number of hydrogen-bond acceptors (Lipinski definition) is 4. The van der Waals surface area contributed by atoms with Gasteiger partial charge in [-0.25, -0.2) is 4.79 Å². The Bertz CT molecular complexity index is 727. The number of rotatable bonds is 6. The first-order chi connectivity index (χ1) is 11.5. The van der Waals surface area contributed by atoms with E-state index in [-0.39, 0.29) is 12.6 Å². The fourth-order valence-corrected chi connectivity index (χ4v) is 1.97. The second kappa shape index (κ2) is 8.11. The molecule has 24 heavy (non-hydrogen) atoms. The van der Waals surface area contributed by atoms with Gasteiger partial charge in [0.05, 0.1) is 0 Å². The SMILES string of the molecule is C=C(C)C(=O)Oc1ccc(-c2ccc(COC(=O)CC)cc2)cc1. The first-order valence-corrected chi connectivity index (χ1v) is 7.72.